The molecule has 0 bridgehead atoms. The fourth-order valence-corrected chi connectivity index (χ4v) is 2.33. The van der Waals surface area contributed by atoms with E-state index in [0.29, 0.717) is 18.6 Å². The zero-order valence-corrected chi connectivity index (χ0v) is 12.0. The molecular weight excluding hydrogens is 292 g/mol. The summed E-state index contributed by atoms with van der Waals surface area (Å²) in [5.74, 6) is -0.320. The lowest BCUT2D eigenvalue weighted by Gasteiger charge is -2.11. The number of ether oxygens (including phenoxy) is 1. The van der Waals surface area contributed by atoms with Gasteiger partial charge in [-0.25, -0.2) is 8.42 Å². The summed E-state index contributed by atoms with van der Waals surface area (Å²) in [6.07, 6.45) is 1.03. The van der Waals surface area contributed by atoms with Crippen molar-refractivity contribution in [3.63, 3.8) is 0 Å². The van der Waals surface area contributed by atoms with Crippen molar-refractivity contribution in [3.8, 4) is 5.75 Å². The van der Waals surface area contributed by atoms with Gasteiger partial charge in [0.1, 0.15) is 5.75 Å². The standard InChI is InChI=1S/C12H15ClO5S/c1-2-9-8-10(19(13,16)17)5-6-11(9)18-7-3-4-12(14)15/h5-6,8H,2-4,7H2,1H3,(H,14,15). The first-order valence-electron chi connectivity index (χ1n) is 5.76. The Morgan fingerprint density at radius 3 is 2.63 bits per heavy atom. The van der Waals surface area contributed by atoms with E-state index in [1.165, 1.54) is 18.2 Å². The fourth-order valence-electron chi connectivity index (χ4n) is 1.53. The molecule has 0 saturated carbocycles. The van der Waals surface area contributed by atoms with Crippen molar-refractivity contribution in [1.29, 1.82) is 0 Å². The maximum absolute atomic E-state index is 11.2. The van der Waals surface area contributed by atoms with E-state index in [2.05, 4.69) is 0 Å². The molecule has 0 aliphatic carbocycles. The lowest BCUT2D eigenvalue weighted by atomic mass is 10.1. The van der Waals surface area contributed by atoms with Crippen LogP contribution in [0.3, 0.4) is 0 Å². The van der Waals surface area contributed by atoms with Crippen molar-refractivity contribution in [2.75, 3.05) is 6.61 Å². The second-order valence-corrected chi connectivity index (χ2v) is 6.47. The van der Waals surface area contributed by atoms with Crippen molar-refractivity contribution in [2.45, 2.75) is 31.1 Å². The summed E-state index contributed by atoms with van der Waals surface area (Å²) in [6.45, 7) is 2.14. The van der Waals surface area contributed by atoms with E-state index in [4.69, 9.17) is 20.5 Å². The number of hydrogen-bond donors (Lipinski definition) is 1. The highest BCUT2D eigenvalue weighted by molar-refractivity contribution is 8.13. The van der Waals surface area contributed by atoms with Crippen molar-refractivity contribution in [3.05, 3.63) is 23.8 Å². The highest BCUT2D eigenvalue weighted by atomic mass is 35.7. The lowest BCUT2D eigenvalue weighted by molar-refractivity contribution is -0.137. The van der Waals surface area contributed by atoms with Gasteiger partial charge in [0.15, 0.2) is 0 Å². The van der Waals surface area contributed by atoms with E-state index in [1.54, 1.807) is 0 Å². The number of carbonyl (C=O) groups is 1. The van der Waals surface area contributed by atoms with Crippen LogP contribution in [-0.4, -0.2) is 26.1 Å². The van der Waals surface area contributed by atoms with Crippen LogP contribution in [0.5, 0.6) is 5.75 Å². The van der Waals surface area contributed by atoms with Crippen LogP contribution in [0, 0.1) is 0 Å². The Labute approximate surface area is 116 Å². The maximum atomic E-state index is 11.2. The Hall–Kier alpha value is -1.27. The van der Waals surface area contributed by atoms with Gasteiger partial charge in [0.05, 0.1) is 11.5 Å². The van der Waals surface area contributed by atoms with Gasteiger partial charge in [0, 0.05) is 17.1 Å². The number of halogens is 1. The second kappa shape index (κ2) is 6.77. The van der Waals surface area contributed by atoms with Gasteiger partial charge in [-0.2, -0.15) is 0 Å². The smallest absolute Gasteiger partial charge is 0.303 e. The molecule has 0 radical (unpaired) electrons. The molecule has 0 fully saturated rings. The number of carboxylic acids is 1. The number of carboxylic acid groups (broad SMARTS) is 1. The number of benzene rings is 1. The molecule has 5 nitrogen and oxygen atoms in total. The average Bonchev–Trinajstić information content (AvgIpc) is 2.33. The van der Waals surface area contributed by atoms with Crippen LogP contribution in [0.2, 0.25) is 0 Å². The van der Waals surface area contributed by atoms with Crippen LogP contribution in [-0.2, 0) is 20.3 Å². The summed E-state index contributed by atoms with van der Waals surface area (Å²) in [6, 6.07) is 4.37. The molecule has 7 heteroatoms. The Kier molecular flexibility index (Phi) is 5.62. The highest BCUT2D eigenvalue weighted by Crippen LogP contribution is 2.25. The number of aliphatic carboxylic acids is 1. The van der Waals surface area contributed by atoms with Crippen molar-refractivity contribution >= 4 is 25.7 Å². The molecule has 0 heterocycles. The summed E-state index contributed by atoms with van der Waals surface area (Å²) in [5, 5.41) is 8.50. The predicted molar refractivity (Wildman–Crippen MR) is 71.2 cm³/mol. The highest BCUT2D eigenvalue weighted by Gasteiger charge is 2.13. The van der Waals surface area contributed by atoms with Gasteiger partial charge in [-0.15, -0.1) is 0 Å². The number of aryl methyl sites for hydroxylation is 1. The normalized spacial score (nSPS) is 11.3. The van der Waals surface area contributed by atoms with Crippen molar-refractivity contribution in [2.24, 2.45) is 0 Å². The molecule has 1 rings (SSSR count). The van der Waals surface area contributed by atoms with E-state index in [-0.39, 0.29) is 17.9 Å². The van der Waals surface area contributed by atoms with Crippen LogP contribution >= 0.6 is 10.7 Å². The maximum Gasteiger partial charge on any atom is 0.303 e. The van der Waals surface area contributed by atoms with Gasteiger partial charge in [0.2, 0.25) is 0 Å². The molecule has 1 N–H and O–H groups in total. The first kappa shape index (κ1) is 15.8. The monoisotopic (exact) mass is 306 g/mol. The molecule has 0 saturated heterocycles. The molecule has 1 aromatic rings. The summed E-state index contributed by atoms with van der Waals surface area (Å²) >= 11 is 0. The molecule has 0 aliphatic heterocycles. The second-order valence-electron chi connectivity index (χ2n) is 3.91. The van der Waals surface area contributed by atoms with Crippen LogP contribution in [0.15, 0.2) is 23.1 Å². The van der Waals surface area contributed by atoms with Crippen LogP contribution < -0.4 is 4.74 Å². The average molecular weight is 307 g/mol. The number of hydrogen-bond acceptors (Lipinski definition) is 4. The quantitative estimate of drug-likeness (QED) is 0.618. The van der Waals surface area contributed by atoms with Crippen LogP contribution in [0.25, 0.3) is 0 Å². The van der Waals surface area contributed by atoms with E-state index in [1.807, 2.05) is 6.92 Å². The Morgan fingerprint density at radius 2 is 2.11 bits per heavy atom. The Balaban J connectivity index is 2.77. The molecule has 106 valence electrons. The van der Waals surface area contributed by atoms with E-state index in [9.17, 15) is 13.2 Å². The third-order valence-electron chi connectivity index (χ3n) is 2.49. The zero-order chi connectivity index (χ0) is 14.5. The Bertz CT molecular complexity index is 553. The molecule has 0 atom stereocenters. The minimum Gasteiger partial charge on any atom is -0.493 e. The molecule has 1 aromatic carbocycles. The summed E-state index contributed by atoms with van der Waals surface area (Å²) in [5.41, 5.74) is 0.719. The third-order valence-corrected chi connectivity index (χ3v) is 3.84. The largest absolute Gasteiger partial charge is 0.493 e. The van der Waals surface area contributed by atoms with Gasteiger partial charge >= 0.3 is 5.97 Å². The first-order chi connectivity index (χ1) is 8.84. The van der Waals surface area contributed by atoms with Gasteiger partial charge in [0.25, 0.3) is 9.05 Å². The molecule has 0 spiro atoms. The fraction of sp³-hybridized carbons (Fsp3) is 0.417. The van der Waals surface area contributed by atoms with E-state index in [0.717, 1.165) is 5.56 Å². The van der Waals surface area contributed by atoms with Crippen molar-refractivity contribution < 1.29 is 23.1 Å². The molecule has 0 unspecified atom stereocenters. The summed E-state index contributed by atoms with van der Waals surface area (Å²) < 4.78 is 27.9. The topological polar surface area (TPSA) is 80.7 Å². The molecular formula is C12H15ClO5S. The van der Waals surface area contributed by atoms with Crippen molar-refractivity contribution in [1.82, 2.24) is 0 Å². The van der Waals surface area contributed by atoms with Gasteiger partial charge in [-0.1, -0.05) is 6.92 Å². The summed E-state index contributed by atoms with van der Waals surface area (Å²) in [4.78, 5) is 10.4. The van der Waals surface area contributed by atoms with Gasteiger partial charge in [-0.3, -0.25) is 4.79 Å². The van der Waals surface area contributed by atoms with Crippen LogP contribution in [0.4, 0.5) is 0 Å². The van der Waals surface area contributed by atoms with Crippen LogP contribution in [0.1, 0.15) is 25.3 Å². The predicted octanol–water partition coefficient (Wildman–Crippen LogP) is 2.42. The first-order valence-corrected chi connectivity index (χ1v) is 8.07. The van der Waals surface area contributed by atoms with Gasteiger partial charge < -0.3 is 9.84 Å². The third kappa shape index (κ3) is 5.08. The SMILES string of the molecule is CCc1cc(S(=O)(=O)Cl)ccc1OCCCC(=O)O. The lowest BCUT2D eigenvalue weighted by Crippen LogP contribution is -2.04. The molecule has 0 amide bonds. The molecule has 0 aromatic heterocycles. The van der Waals surface area contributed by atoms with E-state index < -0.39 is 15.0 Å². The minimum absolute atomic E-state index is 0.0314. The molecule has 19 heavy (non-hydrogen) atoms. The van der Waals surface area contributed by atoms with E-state index >= 15 is 0 Å². The molecule has 0 aliphatic rings. The minimum atomic E-state index is -3.75. The number of rotatable bonds is 7. The summed E-state index contributed by atoms with van der Waals surface area (Å²) in [7, 11) is 1.52. The van der Waals surface area contributed by atoms with Gasteiger partial charge in [-0.05, 0) is 36.6 Å². The zero-order valence-electron chi connectivity index (χ0n) is 10.4. The Morgan fingerprint density at radius 1 is 1.42 bits per heavy atom.